The molecule has 0 aromatic rings. The van der Waals surface area contributed by atoms with Crippen LogP contribution < -0.4 is 0 Å². The van der Waals surface area contributed by atoms with Gasteiger partial charge in [0.05, 0.1) is 0 Å². The molecule has 6 atom stereocenters. The van der Waals surface area contributed by atoms with Crippen molar-refractivity contribution in [2.24, 2.45) is 28.6 Å². The summed E-state index contributed by atoms with van der Waals surface area (Å²) in [6.45, 7) is 6.19. The van der Waals surface area contributed by atoms with Crippen LogP contribution in [-0.4, -0.2) is 17.9 Å². The van der Waals surface area contributed by atoms with Crippen LogP contribution in [0.3, 0.4) is 0 Å². The van der Waals surface area contributed by atoms with E-state index in [4.69, 9.17) is 4.74 Å². The average Bonchev–Trinajstić information content (AvgIpc) is 2.83. The maximum Gasteiger partial charge on any atom is 0.302 e. The maximum absolute atomic E-state index is 12.4. The van der Waals surface area contributed by atoms with Crippen molar-refractivity contribution in [1.29, 1.82) is 0 Å². The number of ether oxygens (including phenoxy) is 1. The van der Waals surface area contributed by atoms with Gasteiger partial charge in [0, 0.05) is 25.2 Å². The van der Waals surface area contributed by atoms with E-state index in [2.05, 4.69) is 19.9 Å². The predicted octanol–water partition coefficient (Wildman–Crippen LogP) is 4.45. The van der Waals surface area contributed by atoms with E-state index < -0.39 is 0 Å². The molecule has 4 aliphatic carbocycles. The third-order valence-electron chi connectivity index (χ3n) is 8.10. The average molecular weight is 330 g/mol. The zero-order valence-corrected chi connectivity index (χ0v) is 15.3. The molecule has 3 fully saturated rings. The van der Waals surface area contributed by atoms with Crippen LogP contribution in [0, 0.1) is 28.6 Å². The van der Waals surface area contributed by atoms with Gasteiger partial charge in [0.25, 0.3) is 0 Å². The smallest absolute Gasteiger partial charge is 0.302 e. The number of ketones is 1. The van der Waals surface area contributed by atoms with E-state index in [1.54, 1.807) is 0 Å². The third-order valence-corrected chi connectivity index (χ3v) is 8.10. The van der Waals surface area contributed by atoms with Crippen molar-refractivity contribution in [3.63, 3.8) is 0 Å². The Morgan fingerprint density at radius 3 is 2.58 bits per heavy atom. The van der Waals surface area contributed by atoms with Gasteiger partial charge in [0.1, 0.15) is 11.9 Å². The summed E-state index contributed by atoms with van der Waals surface area (Å²) >= 11 is 0. The van der Waals surface area contributed by atoms with Crippen molar-refractivity contribution >= 4 is 11.8 Å². The fraction of sp³-hybridized carbons (Fsp3) is 0.810. The van der Waals surface area contributed by atoms with Gasteiger partial charge in [-0.05, 0) is 61.7 Å². The van der Waals surface area contributed by atoms with E-state index in [0.29, 0.717) is 23.5 Å². The molecule has 4 rings (SSSR count). The molecule has 0 amide bonds. The highest BCUT2D eigenvalue weighted by Crippen LogP contribution is 2.64. The van der Waals surface area contributed by atoms with Gasteiger partial charge in [0.15, 0.2) is 0 Å². The van der Waals surface area contributed by atoms with Crippen molar-refractivity contribution in [1.82, 2.24) is 0 Å². The second-order valence-electron chi connectivity index (χ2n) is 9.15. The lowest BCUT2D eigenvalue weighted by Gasteiger charge is -2.56. The standard InChI is InChI=1S/C21H30O3/c1-13(22)24-15-8-10-20(2)14(12-15)4-5-16-17-6-7-19(23)21(17,3)11-9-18(16)20/h4,15-18H,5-12H2,1-3H3/t15?,16-,17+,18+,20+,21+/m1/s1. The van der Waals surface area contributed by atoms with Gasteiger partial charge < -0.3 is 4.74 Å². The second kappa shape index (κ2) is 5.44. The molecular weight excluding hydrogens is 300 g/mol. The van der Waals surface area contributed by atoms with Gasteiger partial charge in [0.2, 0.25) is 0 Å². The Labute approximate surface area is 145 Å². The molecule has 132 valence electrons. The lowest BCUT2D eigenvalue weighted by Crippen LogP contribution is -2.50. The second-order valence-corrected chi connectivity index (χ2v) is 9.15. The summed E-state index contributed by atoms with van der Waals surface area (Å²) in [6, 6.07) is 0. The Balaban J connectivity index is 1.60. The number of hydrogen-bond donors (Lipinski definition) is 0. The minimum absolute atomic E-state index is 0.0438. The van der Waals surface area contributed by atoms with E-state index in [-0.39, 0.29) is 22.9 Å². The number of Topliss-reactive ketones (excluding diaryl/α,β-unsaturated/α-hetero) is 1. The first kappa shape index (κ1) is 16.4. The largest absolute Gasteiger partial charge is 0.462 e. The molecule has 1 unspecified atom stereocenters. The van der Waals surface area contributed by atoms with E-state index in [0.717, 1.165) is 44.9 Å². The lowest BCUT2D eigenvalue weighted by molar-refractivity contribution is -0.148. The van der Waals surface area contributed by atoms with Crippen LogP contribution in [0.4, 0.5) is 0 Å². The lowest BCUT2D eigenvalue weighted by atomic mass is 9.48. The summed E-state index contributed by atoms with van der Waals surface area (Å²) in [4.78, 5) is 23.7. The number of allylic oxidation sites excluding steroid dienone is 1. The van der Waals surface area contributed by atoms with Crippen LogP contribution >= 0.6 is 0 Å². The van der Waals surface area contributed by atoms with Gasteiger partial charge in [-0.2, -0.15) is 0 Å². The van der Waals surface area contributed by atoms with Gasteiger partial charge in [-0.1, -0.05) is 25.5 Å². The summed E-state index contributed by atoms with van der Waals surface area (Å²) < 4.78 is 5.50. The highest BCUT2D eigenvalue weighted by atomic mass is 16.5. The van der Waals surface area contributed by atoms with Crippen molar-refractivity contribution in [2.75, 3.05) is 0 Å². The minimum Gasteiger partial charge on any atom is -0.462 e. The van der Waals surface area contributed by atoms with E-state index in [1.807, 2.05) is 0 Å². The zero-order valence-electron chi connectivity index (χ0n) is 15.3. The Hall–Kier alpha value is -1.12. The van der Waals surface area contributed by atoms with Crippen molar-refractivity contribution in [3.05, 3.63) is 11.6 Å². The van der Waals surface area contributed by atoms with Gasteiger partial charge in [-0.3, -0.25) is 9.59 Å². The van der Waals surface area contributed by atoms with Crippen molar-refractivity contribution < 1.29 is 14.3 Å². The summed E-state index contributed by atoms with van der Waals surface area (Å²) in [5, 5.41) is 0. The molecule has 0 bridgehead atoms. The molecule has 0 radical (unpaired) electrons. The molecule has 0 saturated heterocycles. The first-order valence-electron chi connectivity index (χ1n) is 9.74. The minimum atomic E-state index is -0.157. The highest BCUT2D eigenvalue weighted by molar-refractivity contribution is 5.87. The maximum atomic E-state index is 12.4. The first-order chi connectivity index (χ1) is 11.3. The SMILES string of the molecule is CC(=O)OC1CC[C@@]2(C)C(=CC[C@H]3[C@@H]2CC[C@]2(C)C(=O)CC[C@@H]32)C1. The fourth-order valence-electron chi connectivity index (χ4n) is 6.73. The number of fused-ring (bicyclic) bond motifs is 5. The topological polar surface area (TPSA) is 43.4 Å². The normalized spacial score (nSPS) is 47.3. The van der Waals surface area contributed by atoms with Crippen LogP contribution in [0.2, 0.25) is 0 Å². The van der Waals surface area contributed by atoms with Gasteiger partial charge >= 0.3 is 5.97 Å². The molecule has 0 aromatic heterocycles. The molecule has 4 aliphatic rings. The zero-order chi connectivity index (χ0) is 17.1. The first-order valence-corrected chi connectivity index (χ1v) is 9.74. The molecule has 0 spiro atoms. The molecule has 0 N–H and O–H groups in total. The summed E-state index contributed by atoms with van der Waals surface area (Å²) in [7, 11) is 0. The summed E-state index contributed by atoms with van der Waals surface area (Å²) in [6.07, 6.45) is 10.8. The number of carbonyl (C=O) groups excluding carboxylic acids is 2. The number of carbonyl (C=O) groups is 2. The Bertz CT molecular complexity index is 606. The van der Waals surface area contributed by atoms with E-state index >= 15 is 0 Å². The third kappa shape index (κ3) is 2.23. The molecule has 3 nitrogen and oxygen atoms in total. The van der Waals surface area contributed by atoms with Gasteiger partial charge in [-0.25, -0.2) is 0 Å². The van der Waals surface area contributed by atoms with Crippen LogP contribution in [-0.2, 0) is 14.3 Å². The van der Waals surface area contributed by atoms with Crippen LogP contribution in [0.1, 0.15) is 72.1 Å². The Kier molecular flexibility index (Phi) is 3.71. The highest BCUT2D eigenvalue weighted by Gasteiger charge is 2.58. The summed E-state index contributed by atoms with van der Waals surface area (Å²) in [5.41, 5.74) is 1.74. The Morgan fingerprint density at radius 1 is 1.12 bits per heavy atom. The molecule has 0 aromatic carbocycles. The molecular formula is C21H30O3. The molecule has 3 saturated carbocycles. The van der Waals surface area contributed by atoms with Crippen LogP contribution in [0.5, 0.6) is 0 Å². The molecule has 0 heterocycles. The Morgan fingerprint density at radius 2 is 1.83 bits per heavy atom. The number of rotatable bonds is 1. The van der Waals surface area contributed by atoms with Crippen LogP contribution in [0.25, 0.3) is 0 Å². The fourth-order valence-corrected chi connectivity index (χ4v) is 6.73. The molecule has 24 heavy (non-hydrogen) atoms. The van der Waals surface area contributed by atoms with Crippen LogP contribution in [0.15, 0.2) is 11.6 Å². The number of esters is 1. The van der Waals surface area contributed by atoms with Gasteiger partial charge in [-0.15, -0.1) is 0 Å². The number of hydrogen-bond acceptors (Lipinski definition) is 3. The van der Waals surface area contributed by atoms with Crippen molar-refractivity contribution in [3.8, 4) is 0 Å². The van der Waals surface area contributed by atoms with Crippen molar-refractivity contribution in [2.45, 2.75) is 78.2 Å². The quantitative estimate of drug-likeness (QED) is 0.527. The monoisotopic (exact) mass is 330 g/mol. The predicted molar refractivity (Wildman–Crippen MR) is 92.3 cm³/mol. The van der Waals surface area contributed by atoms with E-state index in [9.17, 15) is 9.59 Å². The molecule has 0 aliphatic heterocycles. The molecule has 3 heteroatoms. The van der Waals surface area contributed by atoms with E-state index in [1.165, 1.54) is 18.9 Å². The summed E-state index contributed by atoms with van der Waals surface area (Å²) in [5.74, 6) is 2.33.